The van der Waals surface area contributed by atoms with Gasteiger partial charge in [0.05, 0.1) is 26.0 Å². The van der Waals surface area contributed by atoms with Crippen LogP contribution in [0.4, 0.5) is 0 Å². The van der Waals surface area contributed by atoms with Gasteiger partial charge in [-0.05, 0) is 48.2 Å². The Kier molecular flexibility index (Phi) is 4.15. The Morgan fingerprint density at radius 1 is 1.08 bits per heavy atom. The molecule has 2 aliphatic rings. The predicted molar refractivity (Wildman–Crippen MR) is 99.6 cm³/mol. The van der Waals surface area contributed by atoms with E-state index in [1.54, 1.807) is 26.2 Å². The molecule has 1 unspecified atom stereocenters. The Hall–Kier alpha value is -2.82. The number of carbonyl (C=O) groups excluding carboxylic acids is 1. The van der Waals surface area contributed by atoms with Crippen LogP contribution < -0.4 is 9.47 Å². The third-order valence-corrected chi connectivity index (χ3v) is 5.31. The van der Waals surface area contributed by atoms with Gasteiger partial charge in [0.15, 0.2) is 0 Å². The van der Waals surface area contributed by atoms with E-state index >= 15 is 0 Å². The van der Waals surface area contributed by atoms with E-state index in [2.05, 4.69) is 6.07 Å². The van der Waals surface area contributed by atoms with E-state index in [0.29, 0.717) is 0 Å². The van der Waals surface area contributed by atoms with Gasteiger partial charge in [-0.1, -0.05) is 18.2 Å². The number of ether oxygens (including phenoxy) is 2. The molecule has 5 nitrogen and oxygen atoms in total. The van der Waals surface area contributed by atoms with Crippen LogP contribution in [0.2, 0.25) is 0 Å². The standard InChI is InChI=1S/C21H22N2O3/c1-13(24)23-21(15-5-8-16(25-2)9-6-15)18-11-7-14-4-10-17(26-3)12-19(14)20(18)22-23/h4-6,8-10,12,18,21H,7,11H2,1-3H3/t18-,21?/m0/s1. The number of nitrogens with zero attached hydrogens (tertiary/aromatic N) is 2. The fourth-order valence-electron chi connectivity index (χ4n) is 4.01. The van der Waals surface area contributed by atoms with Crippen LogP contribution in [0, 0.1) is 5.92 Å². The van der Waals surface area contributed by atoms with E-state index < -0.39 is 0 Å². The van der Waals surface area contributed by atoms with Crippen LogP contribution in [0.3, 0.4) is 0 Å². The van der Waals surface area contributed by atoms with Crippen LogP contribution in [0.15, 0.2) is 47.6 Å². The fourth-order valence-corrected chi connectivity index (χ4v) is 4.01. The van der Waals surface area contributed by atoms with Crippen molar-refractivity contribution in [3.05, 3.63) is 59.2 Å². The summed E-state index contributed by atoms with van der Waals surface area (Å²) in [4.78, 5) is 12.3. The van der Waals surface area contributed by atoms with Crippen molar-refractivity contribution in [2.75, 3.05) is 14.2 Å². The van der Waals surface area contributed by atoms with Gasteiger partial charge in [0, 0.05) is 18.4 Å². The number of carbonyl (C=O) groups is 1. The molecule has 0 spiro atoms. The lowest BCUT2D eigenvalue weighted by Crippen LogP contribution is -2.31. The minimum atomic E-state index is -0.0762. The Labute approximate surface area is 153 Å². The van der Waals surface area contributed by atoms with Crippen LogP contribution in [-0.4, -0.2) is 30.8 Å². The van der Waals surface area contributed by atoms with Crippen LogP contribution in [0.5, 0.6) is 11.5 Å². The van der Waals surface area contributed by atoms with Gasteiger partial charge < -0.3 is 9.47 Å². The van der Waals surface area contributed by atoms with E-state index in [4.69, 9.17) is 14.6 Å². The topological polar surface area (TPSA) is 51.1 Å². The normalized spacial score (nSPS) is 20.9. The molecular weight excluding hydrogens is 328 g/mol. The minimum Gasteiger partial charge on any atom is -0.497 e. The van der Waals surface area contributed by atoms with Gasteiger partial charge >= 0.3 is 0 Å². The molecule has 2 atom stereocenters. The molecule has 0 fully saturated rings. The summed E-state index contributed by atoms with van der Waals surface area (Å²) >= 11 is 0. The third kappa shape index (κ3) is 2.64. The smallest absolute Gasteiger partial charge is 0.240 e. The lowest BCUT2D eigenvalue weighted by molar-refractivity contribution is -0.131. The van der Waals surface area contributed by atoms with E-state index in [1.807, 2.05) is 36.4 Å². The SMILES string of the molecule is COc1ccc(C2[C@H]3CCc4ccc(OC)cc4C3=NN2C(C)=O)cc1. The average Bonchev–Trinajstić information content (AvgIpc) is 3.08. The molecule has 0 saturated heterocycles. The monoisotopic (exact) mass is 350 g/mol. The number of methoxy groups -OCH3 is 2. The molecule has 1 aliphatic carbocycles. The number of hydrogen-bond donors (Lipinski definition) is 0. The van der Waals surface area contributed by atoms with E-state index in [0.717, 1.165) is 41.2 Å². The van der Waals surface area contributed by atoms with Crippen molar-refractivity contribution in [2.45, 2.75) is 25.8 Å². The second-order valence-corrected chi connectivity index (χ2v) is 6.74. The minimum absolute atomic E-state index is 0.0443. The summed E-state index contributed by atoms with van der Waals surface area (Å²) in [5.74, 6) is 1.76. The second kappa shape index (κ2) is 6.48. The van der Waals surface area contributed by atoms with Gasteiger partial charge in [0.1, 0.15) is 11.5 Å². The zero-order valence-electron chi connectivity index (χ0n) is 15.2. The third-order valence-electron chi connectivity index (χ3n) is 5.31. The molecule has 1 aliphatic heterocycles. The maximum Gasteiger partial charge on any atom is 0.240 e. The molecule has 0 saturated carbocycles. The summed E-state index contributed by atoms with van der Waals surface area (Å²) in [6, 6.07) is 14.0. The van der Waals surface area contributed by atoms with Crippen molar-refractivity contribution in [1.82, 2.24) is 5.01 Å². The number of hydrogen-bond acceptors (Lipinski definition) is 4. The summed E-state index contributed by atoms with van der Waals surface area (Å²) in [5, 5.41) is 6.38. The van der Waals surface area contributed by atoms with Crippen LogP contribution >= 0.6 is 0 Å². The summed E-state index contributed by atoms with van der Waals surface area (Å²) in [5.41, 5.74) is 4.43. The number of fused-ring (bicyclic) bond motifs is 3. The van der Waals surface area contributed by atoms with Gasteiger partial charge in [-0.2, -0.15) is 5.10 Å². The molecule has 4 rings (SSSR count). The maximum atomic E-state index is 12.3. The van der Waals surface area contributed by atoms with Crippen molar-refractivity contribution in [2.24, 2.45) is 11.0 Å². The molecule has 2 aromatic rings. The quantitative estimate of drug-likeness (QED) is 0.850. The summed E-state index contributed by atoms with van der Waals surface area (Å²) < 4.78 is 10.7. The predicted octanol–water partition coefficient (Wildman–Crippen LogP) is 3.57. The Morgan fingerprint density at radius 3 is 2.42 bits per heavy atom. The number of benzene rings is 2. The summed E-state index contributed by atoms with van der Waals surface area (Å²) in [6.45, 7) is 1.57. The highest BCUT2D eigenvalue weighted by molar-refractivity contribution is 6.07. The van der Waals surface area contributed by atoms with E-state index in [-0.39, 0.29) is 17.9 Å². The van der Waals surface area contributed by atoms with Crippen LogP contribution in [0.25, 0.3) is 0 Å². The van der Waals surface area contributed by atoms with E-state index in [9.17, 15) is 4.79 Å². The molecule has 0 radical (unpaired) electrons. The van der Waals surface area contributed by atoms with E-state index in [1.165, 1.54) is 5.56 Å². The van der Waals surface area contributed by atoms with Crippen LogP contribution in [-0.2, 0) is 11.2 Å². The molecule has 1 heterocycles. The molecule has 1 amide bonds. The molecule has 0 aromatic heterocycles. The van der Waals surface area contributed by atoms with Crippen molar-refractivity contribution >= 4 is 11.6 Å². The second-order valence-electron chi connectivity index (χ2n) is 6.74. The fraction of sp³-hybridized carbons (Fsp3) is 0.333. The largest absolute Gasteiger partial charge is 0.497 e. The molecule has 134 valence electrons. The number of rotatable bonds is 3. The molecule has 2 aromatic carbocycles. The highest BCUT2D eigenvalue weighted by Crippen LogP contribution is 2.44. The van der Waals surface area contributed by atoms with Crippen molar-refractivity contribution < 1.29 is 14.3 Å². The molecule has 5 heteroatoms. The van der Waals surface area contributed by atoms with Crippen molar-refractivity contribution in [1.29, 1.82) is 0 Å². The van der Waals surface area contributed by atoms with Gasteiger partial charge in [-0.25, -0.2) is 5.01 Å². The first kappa shape index (κ1) is 16.6. The first-order chi connectivity index (χ1) is 12.6. The Balaban J connectivity index is 1.77. The molecule has 0 N–H and O–H groups in total. The lowest BCUT2D eigenvalue weighted by Gasteiger charge is -2.29. The number of aryl methyl sites for hydroxylation is 1. The van der Waals surface area contributed by atoms with Gasteiger partial charge in [0.25, 0.3) is 0 Å². The Bertz CT molecular complexity index is 873. The number of amides is 1. The molecule has 26 heavy (non-hydrogen) atoms. The first-order valence-corrected chi connectivity index (χ1v) is 8.82. The van der Waals surface area contributed by atoms with Gasteiger partial charge in [0.2, 0.25) is 5.91 Å². The zero-order chi connectivity index (χ0) is 18.3. The van der Waals surface area contributed by atoms with Gasteiger partial charge in [-0.15, -0.1) is 0 Å². The lowest BCUT2D eigenvalue weighted by atomic mass is 9.77. The van der Waals surface area contributed by atoms with Crippen LogP contribution in [0.1, 0.15) is 36.1 Å². The number of hydrazone groups is 1. The zero-order valence-corrected chi connectivity index (χ0v) is 15.2. The van der Waals surface area contributed by atoms with Gasteiger partial charge in [-0.3, -0.25) is 4.79 Å². The Morgan fingerprint density at radius 2 is 1.77 bits per heavy atom. The first-order valence-electron chi connectivity index (χ1n) is 8.82. The highest BCUT2D eigenvalue weighted by atomic mass is 16.5. The maximum absolute atomic E-state index is 12.3. The molecule has 0 bridgehead atoms. The average molecular weight is 350 g/mol. The van der Waals surface area contributed by atoms with Crippen molar-refractivity contribution in [3.8, 4) is 11.5 Å². The highest BCUT2D eigenvalue weighted by Gasteiger charge is 2.43. The van der Waals surface area contributed by atoms with Crippen molar-refractivity contribution in [3.63, 3.8) is 0 Å². The summed E-state index contributed by atoms with van der Waals surface area (Å²) in [6.07, 6.45) is 1.94. The summed E-state index contributed by atoms with van der Waals surface area (Å²) in [7, 11) is 3.32. The molecular formula is C21H22N2O3.